The number of aromatic nitrogens is 1. The number of nitrogens with one attached hydrogen (secondary N) is 1. The van der Waals surface area contributed by atoms with E-state index in [2.05, 4.69) is 4.98 Å². The number of carbonyl (C=O) groups is 1. The van der Waals surface area contributed by atoms with Crippen molar-refractivity contribution in [3.63, 3.8) is 0 Å². The Bertz CT molecular complexity index is 888. The third-order valence-corrected chi connectivity index (χ3v) is 5.69. The predicted molar refractivity (Wildman–Crippen MR) is 94.0 cm³/mol. The summed E-state index contributed by atoms with van der Waals surface area (Å²) >= 11 is 1.18. The topological polar surface area (TPSA) is 119 Å². The summed E-state index contributed by atoms with van der Waals surface area (Å²) in [7, 11) is -3.93. The van der Waals surface area contributed by atoms with E-state index in [1.165, 1.54) is 35.6 Å². The number of non-ortho nitro benzene ring substituents is 1. The van der Waals surface area contributed by atoms with Gasteiger partial charge in [-0.3, -0.25) is 14.9 Å². The zero-order chi connectivity index (χ0) is 18.6. The zero-order valence-corrected chi connectivity index (χ0v) is 15.3. The fraction of sp³-hybridized carbons (Fsp3) is 0.333. The van der Waals surface area contributed by atoms with Crippen LogP contribution < -0.4 is 4.72 Å². The molecular weight excluding hydrogens is 366 g/mol. The van der Waals surface area contributed by atoms with E-state index in [1.807, 2.05) is 11.6 Å². The third-order valence-electron chi connectivity index (χ3n) is 3.26. The second kappa shape index (κ2) is 7.70. The number of carbonyl (C=O) groups excluding carboxylic acids is 1. The molecule has 0 radical (unpaired) electrons. The molecule has 0 spiro atoms. The number of rotatable bonds is 7. The van der Waals surface area contributed by atoms with Crippen LogP contribution in [0.15, 0.2) is 24.3 Å². The van der Waals surface area contributed by atoms with E-state index in [-0.39, 0.29) is 10.6 Å². The van der Waals surface area contributed by atoms with Gasteiger partial charge in [-0.1, -0.05) is 19.1 Å². The first-order chi connectivity index (χ1) is 11.7. The quantitative estimate of drug-likeness (QED) is 0.580. The zero-order valence-electron chi connectivity index (χ0n) is 13.7. The molecule has 2 rings (SSSR count). The Morgan fingerprint density at radius 3 is 2.52 bits per heavy atom. The van der Waals surface area contributed by atoms with Gasteiger partial charge in [0, 0.05) is 12.1 Å². The van der Waals surface area contributed by atoms with E-state index < -0.39 is 26.6 Å². The van der Waals surface area contributed by atoms with Gasteiger partial charge in [-0.2, -0.15) is 0 Å². The van der Waals surface area contributed by atoms with Gasteiger partial charge in [0.15, 0.2) is 0 Å². The molecule has 1 aromatic carbocycles. The summed E-state index contributed by atoms with van der Waals surface area (Å²) in [4.78, 5) is 26.8. The smallest absolute Gasteiger partial charge is 0.267 e. The van der Waals surface area contributed by atoms with Crippen molar-refractivity contribution in [3.8, 4) is 0 Å². The number of amides is 1. The lowest BCUT2D eigenvalue weighted by atomic mass is 10.2. The molecule has 0 unspecified atom stereocenters. The molecule has 0 aliphatic heterocycles. The molecule has 8 nitrogen and oxygen atoms in total. The van der Waals surface area contributed by atoms with Crippen LogP contribution in [0.2, 0.25) is 0 Å². The van der Waals surface area contributed by atoms with Crippen LogP contribution in [0.25, 0.3) is 0 Å². The van der Waals surface area contributed by atoms with Gasteiger partial charge in [-0.25, -0.2) is 18.1 Å². The lowest BCUT2D eigenvalue weighted by Gasteiger charge is -2.06. The molecule has 0 saturated carbocycles. The molecule has 0 bridgehead atoms. The van der Waals surface area contributed by atoms with Crippen molar-refractivity contribution in [3.05, 3.63) is 55.5 Å². The van der Waals surface area contributed by atoms with Crippen LogP contribution in [0.1, 0.15) is 39.3 Å². The lowest BCUT2D eigenvalue weighted by molar-refractivity contribution is -0.384. The minimum absolute atomic E-state index is 0.131. The van der Waals surface area contributed by atoms with Crippen LogP contribution in [0.3, 0.4) is 0 Å². The molecule has 1 amide bonds. The van der Waals surface area contributed by atoms with Crippen molar-refractivity contribution >= 4 is 33.0 Å². The summed E-state index contributed by atoms with van der Waals surface area (Å²) in [6.45, 7) is 3.65. The maximum Gasteiger partial charge on any atom is 0.276 e. The van der Waals surface area contributed by atoms with E-state index >= 15 is 0 Å². The fourth-order valence-corrected chi connectivity index (χ4v) is 4.35. The minimum atomic E-state index is -3.93. The number of nitro benzene ring substituents is 1. The van der Waals surface area contributed by atoms with Gasteiger partial charge < -0.3 is 0 Å². The van der Waals surface area contributed by atoms with Crippen molar-refractivity contribution in [1.82, 2.24) is 9.71 Å². The Balaban J connectivity index is 2.09. The number of aryl methyl sites for hydroxylation is 2. The highest BCUT2D eigenvalue weighted by atomic mass is 32.2. The van der Waals surface area contributed by atoms with Gasteiger partial charge >= 0.3 is 0 Å². The van der Waals surface area contributed by atoms with Crippen LogP contribution in [0, 0.1) is 17.0 Å². The molecule has 0 saturated heterocycles. The number of thiazole rings is 1. The third kappa shape index (κ3) is 5.07. The van der Waals surface area contributed by atoms with E-state index in [4.69, 9.17) is 0 Å². The van der Waals surface area contributed by atoms with Crippen LogP contribution in [-0.2, 0) is 22.2 Å². The molecule has 1 aromatic heterocycles. The summed E-state index contributed by atoms with van der Waals surface area (Å²) in [5.74, 6) is -1.16. The first-order valence-electron chi connectivity index (χ1n) is 7.46. The molecule has 134 valence electrons. The maximum absolute atomic E-state index is 12.2. The molecule has 0 atom stereocenters. The van der Waals surface area contributed by atoms with Gasteiger partial charge in [0.2, 0.25) is 10.0 Å². The summed E-state index contributed by atoms with van der Waals surface area (Å²) in [6.07, 6.45) is 1.61. The molecule has 1 heterocycles. The molecule has 10 heteroatoms. The Kier molecular flexibility index (Phi) is 5.85. The summed E-state index contributed by atoms with van der Waals surface area (Å²) in [5.41, 5.74) is 0.712. The van der Waals surface area contributed by atoms with Gasteiger partial charge in [0.25, 0.3) is 11.6 Å². The highest BCUT2D eigenvalue weighted by molar-refractivity contribution is 7.89. The van der Waals surface area contributed by atoms with Crippen LogP contribution >= 0.6 is 11.3 Å². The van der Waals surface area contributed by atoms with Crippen molar-refractivity contribution in [2.75, 3.05) is 0 Å². The second-order valence-electron chi connectivity index (χ2n) is 5.39. The predicted octanol–water partition coefficient (Wildman–Crippen LogP) is 2.57. The molecule has 0 aliphatic carbocycles. The first kappa shape index (κ1) is 19.0. The number of nitro groups is 1. The molecule has 25 heavy (non-hydrogen) atoms. The van der Waals surface area contributed by atoms with E-state index in [9.17, 15) is 23.3 Å². The van der Waals surface area contributed by atoms with E-state index in [0.29, 0.717) is 11.3 Å². The van der Waals surface area contributed by atoms with Crippen molar-refractivity contribution in [2.24, 2.45) is 0 Å². The number of hydrogen-bond acceptors (Lipinski definition) is 7. The summed E-state index contributed by atoms with van der Waals surface area (Å²) in [5, 5.41) is 11.4. The average Bonchev–Trinajstić information content (AvgIpc) is 2.88. The monoisotopic (exact) mass is 383 g/mol. The van der Waals surface area contributed by atoms with Crippen LogP contribution in [-0.4, -0.2) is 24.2 Å². The standard InChI is InChI=1S/C15H17N3O5S2/c1-3-4-13-16-10(2)14(24-13)15(19)17-25(22,23)9-11-5-7-12(8-6-11)18(20)21/h5-8H,3-4,9H2,1-2H3,(H,17,19). The second-order valence-corrected chi connectivity index (χ2v) is 8.19. The van der Waals surface area contributed by atoms with Crippen LogP contribution in [0.5, 0.6) is 0 Å². The van der Waals surface area contributed by atoms with Crippen molar-refractivity contribution in [2.45, 2.75) is 32.4 Å². The summed E-state index contributed by atoms with van der Waals surface area (Å²) in [6, 6.07) is 5.13. The van der Waals surface area contributed by atoms with Gasteiger partial charge in [-0.05, 0) is 25.3 Å². The van der Waals surface area contributed by atoms with Crippen molar-refractivity contribution < 1.29 is 18.1 Å². The summed E-state index contributed by atoms with van der Waals surface area (Å²) < 4.78 is 26.4. The lowest BCUT2D eigenvalue weighted by Crippen LogP contribution is -2.31. The Hall–Kier alpha value is -2.33. The van der Waals surface area contributed by atoms with Crippen LogP contribution in [0.4, 0.5) is 5.69 Å². The van der Waals surface area contributed by atoms with Gasteiger partial charge in [0.1, 0.15) is 4.88 Å². The molecule has 2 aromatic rings. The Labute approximate surface area is 149 Å². The largest absolute Gasteiger partial charge is 0.276 e. The van der Waals surface area contributed by atoms with E-state index in [0.717, 1.165) is 17.8 Å². The highest BCUT2D eigenvalue weighted by Gasteiger charge is 2.21. The first-order valence-corrected chi connectivity index (χ1v) is 9.93. The Morgan fingerprint density at radius 2 is 1.96 bits per heavy atom. The highest BCUT2D eigenvalue weighted by Crippen LogP contribution is 2.20. The SMILES string of the molecule is CCCc1nc(C)c(C(=O)NS(=O)(=O)Cc2ccc([N+](=O)[O-])cc2)s1. The molecule has 1 N–H and O–H groups in total. The number of hydrogen-bond donors (Lipinski definition) is 1. The Morgan fingerprint density at radius 1 is 1.32 bits per heavy atom. The molecule has 0 fully saturated rings. The molecular formula is C15H17N3O5S2. The van der Waals surface area contributed by atoms with E-state index in [1.54, 1.807) is 6.92 Å². The fourth-order valence-electron chi connectivity index (χ4n) is 2.14. The molecule has 0 aliphatic rings. The number of nitrogens with zero attached hydrogens (tertiary/aromatic N) is 2. The minimum Gasteiger partial charge on any atom is -0.267 e. The maximum atomic E-state index is 12.2. The van der Waals surface area contributed by atoms with Gasteiger partial charge in [0.05, 0.1) is 21.4 Å². The average molecular weight is 383 g/mol. The number of benzene rings is 1. The van der Waals surface area contributed by atoms with Crippen molar-refractivity contribution in [1.29, 1.82) is 0 Å². The van der Waals surface area contributed by atoms with Gasteiger partial charge in [-0.15, -0.1) is 11.3 Å². The number of sulfonamides is 1. The normalized spacial score (nSPS) is 11.3.